The van der Waals surface area contributed by atoms with Crippen molar-refractivity contribution in [1.82, 2.24) is 9.55 Å². The summed E-state index contributed by atoms with van der Waals surface area (Å²) in [5, 5.41) is 1.13. The fourth-order valence-corrected chi connectivity index (χ4v) is 2.94. The molecule has 0 amide bonds. The summed E-state index contributed by atoms with van der Waals surface area (Å²) < 4.78 is 2.20. The van der Waals surface area contributed by atoms with Gasteiger partial charge in [-0.1, -0.05) is 0 Å². The van der Waals surface area contributed by atoms with Crippen LogP contribution in [0, 0.1) is 12.8 Å². The molecule has 0 aliphatic heterocycles. The summed E-state index contributed by atoms with van der Waals surface area (Å²) in [6.45, 7) is 2.95. The number of nitrogens with two attached hydrogens (primary N) is 1. The lowest BCUT2D eigenvalue weighted by Crippen LogP contribution is -2.11. The number of hydrogen-bond acceptors (Lipinski definition) is 3. The van der Waals surface area contributed by atoms with E-state index < -0.39 is 0 Å². The second-order valence-electron chi connectivity index (χ2n) is 4.83. The van der Waals surface area contributed by atoms with E-state index in [2.05, 4.69) is 28.0 Å². The highest BCUT2D eigenvalue weighted by Crippen LogP contribution is 2.39. The van der Waals surface area contributed by atoms with Gasteiger partial charge < -0.3 is 10.3 Å². The second kappa shape index (κ2) is 4.27. The molecule has 2 aromatic rings. The van der Waals surface area contributed by atoms with Gasteiger partial charge in [-0.3, -0.25) is 0 Å². The largest absolute Gasteiger partial charge is 0.349 e. The fraction of sp³-hybridized carbons (Fsp3) is 0.462. The molecule has 3 rings (SSSR count). The van der Waals surface area contributed by atoms with E-state index in [4.69, 9.17) is 5.73 Å². The third kappa shape index (κ3) is 2.42. The highest BCUT2D eigenvalue weighted by Gasteiger charge is 2.29. The SMILES string of the molecule is Cc1ncc(Cn2ccc(C(N)C3CC3)c2)s1. The number of aryl methyl sites for hydroxylation is 1. The maximum absolute atomic E-state index is 6.19. The Morgan fingerprint density at radius 2 is 2.41 bits per heavy atom. The Labute approximate surface area is 105 Å². The van der Waals surface area contributed by atoms with Crippen LogP contribution in [0.5, 0.6) is 0 Å². The highest BCUT2D eigenvalue weighted by atomic mass is 32.1. The van der Waals surface area contributed by atoms with Crippen LogP contribution in [-0.4, -0.2) is 9.55 Å². The molecule has 0 radical (unpaired) electrons. The van der Waals surface area contributed by atoms with Gasteiger partial charge in [-0.15, -0.1) is 11.3 Å². The highest BCUT2D eigenvalue weighted by molar-refractivity contribution is 7.11. The average Bonchev–Trinajstić information content (AvgIpc) is 2.93. The van der Waals surface area contributed by atoms with E-state index in [0.717, 1.165) is 17.5 Å². The first-order valence-corrected chi connectivity index (χ1v) is 6.86. The molecule has 2 aromatic heterocycles. The molecular weight excluding hydrogens is 230 g/mol. The molecule has 0 saturated heterocycles. The topological polar surface area (TPSA) is 43.8 Å². The molecule has 0 bridgehead atoms. The van der Waals surface area contributed by atoms with Crippen molar-refractivity contribution in [3.8, 4) is 0 Å². The molecular formula is C13H17N3S. The van der Waals surface area contributed by atoms with Crippen LogP contribution < -0.4 is 5.73 Å². The molecule has 90 valence electrons. The number of aromatic nitrogens is 2. The van der Waals surface area contributed by atoms with Gasteiger partial charge in [-0.2, -0.15) is 0 Å². The van der Waals surface area contributed by atoms with E-state index in [1.165, 1.54) is 23.3 Å². The van der Waals surface area contributed by atoms with Crippen LogP contribution >= 0.6 is 11.3 Å². The molecule has 1 aliphatic rings. The molecule has 1 aliphatic carbocycles. The predicted molar refractivity (Wildman–Crippen MR) is 70.0 cm³/mol. The van der Waals surface area contributed by atoms with Crippen molar-refractivity contribution in [2.45, 2.75) is 32.4 Å². The van der Waals surface area contributed by atoms with Crippen LogP contribution in [0.15, 0.2) is 24.7 Å². The van der Waals surface area contributed by atoms with Crippen molar-refractivity contribution in [3.63, 3.8) is 0 Å². The van der Waals surface area contributed by atoms with Gasteiger partial charge in [-0.05, 0) is 37.3 Å². The van der Waals surface area contributed by atoms with Gasteiger partial charge in [0.2, 0.25) is 0 Å². The molecule has 17 heavy (non-hydrogen) atoms. The van der Waals surface area contributed by atoms with Gasteiger partial charge in [0.05, 0.1) is 11.6 Å². The first kappa shape index (κ1) is 11.0. The molecule has 4 heteroatoms. The van der Waals surface area contributed by atoms with Crippen molar-refractivity contribution in [1.29, 1.82) is 0 Å². The summed E-state index contributed by atoms with van der Waals surface area (Å²) in [6.07, 6.45) is 8.84. The summed E-state index contributed by atoms with van der Waals surface area (Å²) in [7, 11) is 0. The Hall–Kier alpha value is -1.13. The minimum absolute atomic E-state index is 0.236. The third-order valence-electron chi connectivity index (χ3n) is 3.30. The van der Waals surface area contributed by atoms with Gasteiger partial charge in [0.25, 0.3) is 0 Å². The van der Waals surface area contributed by atoms with E-state index in [1.54, 1.807) is 11.3 Å². The van der Waals surface area contributed by atoms with E-state index in [-0.39, 0.29) is 6.04 Å². The normalized spacial score (nSPS) is 17.3. The molecule has 1 fully saturated rings. The van der Waals surface area contributed by atoms with Crippen LogP contribution in [0.2, 0.25) is 0 Å². The monoisotopic (exact) mass is 247 g/mol. The van der Waals surface area contributed by atoms with Gasteiger partial charge in [-0.25, -0.2) is 4.98 Å². The lowest BCUT2D eigenvalue weighted by molar-refractivity contribution is 0.631. The van der Waals surface area contributed by atoms with Crippen LogP contribution in [0.3, 0.4) is 0 Å². The van der Waals surface area contributed by atoms with Crippen LogP contribution in [0.4, 0.5) is 0 Å². The summed E-state index contributed by atoms with van der Waals surface area (Å²) in [4.78, 5) is 5.57. The number of nitrogens with zero attached hydrogens (tertiary/aromatic N) is 2. The minimum Gasteiger partial charge on any atom is -0.349 e. The number of hydrogen-bond donors (Lipinski definition) is 1. The van der Waals surface area contributed by atoms with Gasteiger partial charge in [0.1, 0.15) is 0 Å². The lowest BCUT2D eigenvalue weighted by atomic mass is 10.1. The van der Waals surface area contributed by atoms with Gasteiger partial charge in [0, 0.05) is 29.5 Å². The molecule has 0 spiro atoms. The minimum atomic E-state index is 0.236. The van der Waals surface area contributed by atoms with Crippen molar-refractivity contribution < 1.29 is 0 Å². The molecule has 0 aromatic carbocycles. The zero-order valence-electron chi connectivity index (χ0n) is 9.97. The summed E-state index contributed by atoms with van der Waals surface area (Å²) >= 11 is 1.76. The van der Waals surface area contributed by atoms with Crippen molar-refractivity contribution in [3.05, 3.63) is 40.1 Å². The Morgan fingerprint density at radius 1 is 1.59 bits per heavy atom. The zero-order valence-corrected chi connectivity index (χ0v) is 10.8. The zero-order chi connectivity index (χ0) is 11.8. The number of thiazole rings is 1. The lowest BCUT2D eigenvalue weighted by Gasteiger charge is -2.07. The van der Waals surface area contributed by atoms with E-state index in [9.17, 15) is 0 Å². The first-order chi connectivity index (χ1) is 8.22. The average molecular weight is 247 g/mol. The summed E-state index contributed by atoms with van der Waals surface area (Å²) in [5.41, 5.74) is 7.46. The fourth-order valence-electron chi connectivity index (χ4n) is 2.14. The molecule has 2 heterocycles. The van der Waals surface area contributed by atoms with Crippen LogP contribution in [0.1, 0.15) is 34.3 Å². The Bertz CT molecular complexity index is 510. The summed E-state index contributed by atoms with van der Waals surface area (Å²) in [5.74, 6) is 0.719. The maximum atomic E-state index is 6.19. The Balaban J connectivity index is 1.71. The standard InChI is InChI=1S/C13H17N3S/c1-9-15-6-12(17-9)8-16-5-4-11(7-16)13(14)10-2-3-10/h4-7,10,13H,2-3,8,14H2,1H3. The van der Waals surface area contributed by atoms with E-state index >= 15 is 0 Å². The molecule has 1 unspecified atom stereocenters. The van der Waals surface area contributed by atoms with Crippen molar-refractivity contribution in [2.24, 2.45) is 11.7 Å². The first-order valence-electron chi connectivity index (χ1n) is 6.05. The van der Waals surface area contributed by atoms with Gasteiger partial charge >= 0.3 is 0 Å². The maximum Gasteiger partial charge on any atom is 0.0897 e. The molecule has 1 atom stereocenters. The Morgan fingerprint density at radius 3 is 3.06 bits per heavy atom. The summed E-state index contributed by atoms with van der Waals surface area (Å²) in [6, 6.07) is 2.39. The van der Waals surface area contributed by atoms with E-state index in [1.807, 2.05) is 13.1 Å². The van der Waals surface area contributed by atoms with Crippen LogP contribution in [0.25, 0.3) is 0 Å². The smallest absolute Gasteiger partial charge is 0.0897 e. The van der Waals surface area contributed by atoms with Crippen molar-refractivity contribution >= 4 is 11.3 Å². The molecule has 1 saturated carbocycles. The van der Waals surface area contributed by atoms with Crippen molar-refractivity contribution in [2.75, 3.05) is 0 Å². The number of rotatable bonds is 4. The van der Waals surface area contributed by atoms with Gasteiger partial charge in [0.15, 0.2) is 0 Å². The molecule has 3 nitrogen and oxygen atoms in total. The second-order valence-corrected chi connectivity index (χ2v) is 6.15. The van der Waals surface area contributed by atoms with Crippen LogP contribution in [-0.2, 0) is 6.54 Å². The molecule has 2 N–H and O–H groups in total. The Kier molecular flexibility index (Phi) is 2.76. The quantitative estimate of drug-likeness (QED) is 0.902. The van der Waals surface area contributed by atoms with E-state index in [0.29, 0.717) is 0 Å². The predicted octanol–water partition coefficient (Wildman–Crippen LogP) is 2.71. The third-order valence-corrected chi connectivity index (χ3v) is 4.19.